The molecule has 0 aliphatic rings. The van der Waals surface area contributed by atoms with Gasteiger partial charge < -0.3 is 56.2 Å². The van der Waals surface area contributed by atoms with Crippen LogP contribution in [0.5, 0.6) is 46.0 Å². The van der Waals surface area contributed by atoms with Gasteiger partial charge >= 0.3 is 0 Å². The molecule has 484 valence electrons. The van der Waals surface area contributed by atoms with Crippen molar-refractivity contribution < 1.29 is 56.2 Å². The van der Waals surface area contributed by atoms with Gasteiger partial charge in [-0.1, -0.05) is 243 Å². The topological polar surface area (TPSA) is 142 Å². The quantitative estimate of drug-likeness (QED) is 0.0596. The average Bonchev–Trinajstić information content (AvgIpc) is 0.727. The normalized spacial score (nSPS) is 11.5. The van der Waals surface area contributed by atoms with Crippen LogP contribution in [-0.2, 0) is 18.3 Å². The van der Waals surface area contributed by atoms with E-state index in [0.29, 0.717) is 132 Å². The fourth-order valence-electron chi connectivity index (χ4n) is 12.2. The molecule has 0 unspecified atom stereocenters. The highest BCUT2D eigenvalue weighted by atomic mass is 31.2. The molecule has 0 aromatic heterocycles. The van der Waals surface area contributed by atoms with Crippen molar-refractivity contribution in [2.45, 2.75) is 0 Å². The Morgan fingerprint density at radius 1 is 0.188 bits per heavy atom. The van der Waals surface area contributed by atoms with Crippen LogP contribution in [0.4, 0.5) is 0 Å². The van der Waals surface area contributed by atoms with E-state index in [4.69, 9.17) is 37.9 Å². The van der Waals surface area contributed by atoms with Gasteiger partial charge in [0.05, 0.1) is 56.9 Å². The summed E-state index contributed by atoms with van der Waals surface area (Å²) in [6.45, 7) is 0. The third-order valence-electron chi connectivity index (χ3n) is 16.9. The van der Waals surface area contributed by atoms with Crippen LogP contribution in [0.15, 0.2) is 291 Å². The van der Waals surface area contributed by atoms with Crippen molar-refractivity contribution in [3.8, 4) is 68.2 Å². The third-order valence-corrected chi connectivity index (χ3v) is 29.2. The summed E-state index contributed by atoms with van der Waals surface area (Å²) in [6, 6.07) is 89.3. The highest BCUT2D eigenvalue weighted by molar-refractivity contribution is 7.87. The molecule has 12 nitrogen and oxygen atoms in total. The van der Waals surface area contributed by atoms with Gasteiger partial charge in [-0.2, -0.15) is 0 Å². The zero-order valence-corrected chi connectivity index (χ0v) is 58.0. The fraction of sp³-hybridized carbons (Fsp3) is 0.100. The largest absolute Gasteiger partial charge is 0.497 e. The van der Waals surface area contributed by atoms with Gasteiger partial charge in [-0.3, -0.25) is 0 Å². The highest BCUT2D eigenvalue weighted by Gasteiger charge is 2.43. The molecule has 0 atom stereocenters. The Kier molecular flexibility index (Phi) is 20.9. The van der Waals surface area contributed by atoms with E-state index in [1.54, 1.807) is 105 Å². The maximum absolute atomic E-state index is 16.1. The molecule has 0 heterocycles. The molecule has 0 bridgehead atoms. The van der Waals surface area contributed by atoms with E-state index in [2.05, 4.69) is 0 Å². The second-order valence-corrected chi connectivity index (χ2v) is 32.9. The van der Waals surface area contributed by atoms with E-state index in [0.717, 1.165) is 0 Å². The van der Waals surface area contributed by atoms with Crippen molar-refractivity contribution in [2.24, 2.45) is 0 Å². The van der Waals surface area contributed by atoms with Gasteiger partial charge in [-0.15, -0.1) is 0 Å². The van der Waals surface area contributed by atoms with Crippen molar-refractivity contribution in [1.82, 2.24) is 0 Å². The third kappa shape index (κ3) is 12.6. The molecule has 12 aromatic carbocycles. The minimum absolute atomic E-state index is 0.383. The van der Waals surface area contributed by atoms with E-state index in [1.807, 2.05) is 243 Å². The second kappa shape index (κ2) is 29.7. The molecule has 0 spiro atoms. The van der Waals surface area contributed by atoms with Crippen LogP contribution < -0.4 is 102 Å². The van der Waals surface area contributed by atoms with E-state index in [9.17, 15) is 0 Å². The smallest absolute Gasteiger partial charge is 0.171 e. The zero-order chi connectivity index (χ0) is 67.5. The molecule has 12 rings (SSSR count). The zero-order valence-electron chi connectivity index (χ0n) is 54.4. The second-order valence-electron chi connectivity index (χ2n) is 22.0. The Labute approximate surface area is 561 Å². The summed E-state index contributed by atoms with van der Waals surface area (Å²) in [7, 11) is -2.17. The Hall–Kier alpha value is -10.0. The Balaban J connectivity index is 0.000000195. The molecular weight excluding hydrogens is 1280 g/mol. The van der Waals surface area contributed by atoms with Gasteiger partial charge in [-0.25, -0.2) is 0 Å². The van der Waals surface area contributed by atoms with Crippen molar-refractivity contribution in [2.75, 3.05) is 56.9 Å². The van der Waals surface area contributed by atoms with Crippen LogP contribution in [-0.4, -0.2) is 56.9 Å². The predicted molar refractivity (Wildman–Crippen MR) is 394 cm³/mol. The van der Waals surface area contributed by atoms with Gasteiger partial charge in [0.25, 0.3) is 0 Å². The first kappa shape index (κ1) is 67.4. The monoisotopic (exact) mass is 1350 g/mol. The number of hydrogen-bond acceptors (Lipinski definition) is 12. The lowest BCUT2D eigenvalue weighted by Gasteiger charge is -2.29. The van der Waals surface area contributed by atoms with E-state index in [-0.39, 0.29) is 0 Å². The van der Waals surface area contributed by atoms with E-state index >= 15 is 18.3 Å². The van der Waals surface area contributed by atoms with Gasteiger partial charge in [-0.05, 0) is 24.3 Å². The summed E-state index contributed by atoms with van der Waals surface area (Å²) in [4.78, 5) is 0. The maximum Gasteiger partial charge on any atom is 0.171 e. The Bertz CT molecular complexity index is 4060. The van der Waals surface area contributed by atoms with Crippen LogP contribution in [0.2, 0.25) is 0 Å². The molecule has 96 heavy (non-hydrogen) atoms. The summed E-state index contributed by atoms with van der Waals surface area (Å²) in [5, 5.41) is 6.78. The van der Waals surface area contributed by atoms with Crippen molar-refractivity contribution in [3.05, 3.63) is 291 Å². The van der Waals surface area contributed by atoms with Crippen LogP contribution in [0.1, 0.15) is 0 Å². The lowest BCUT2D eigenvalue weighted by atomic mass is 10.0. The van der Waals surface area contributed by atoms with E-state index < -0.39 is 28.6 Å². The molecule has 0 saturated carbocycles. The van der Waals surface area contributed by atoms with Crippen molar-refractivity contribution in [1.29, 1.82) is 0 Å². The number of methoxy groups -OCH3 is 8. The number of benzene rings is 12. The summed E-state index contributed by atoms with van der Waals surface area (Å²) in [5.41, 5.74) is 1.93. The number of ether oxygens (including phenoxy) is 8. The molecule has 0 amide bonds. The van der Waals surface area contributed by atoms with Crippen molar-refractivity contribution in [3.63, 3.8) is 0 Å². The van der Waals surface area contributed by atoms with Crippen LogP contribution in [0.3, 0.4) is 0 Å². The molecule has 16 heteroatoms. The van der Waals surface area contributed by atoms with Gasteiger partial charge in [0, 0.05) is 110 Å². The summed E-state index contributed by atoms with van der Waals surface area (Å²) in [6.07, 6.45) is 0. The first-order valence-electron chi connectivity index (χ1n) is 30.7. The average molecular weight is 1350 g/mol. The SMILES string of the molecule is COc1cc(OC)c(-c2c(OC)cc(OC)cc2P(=O)(c2ccccc2)c2ccccc2)c(P(=O)(c2ccccc2)c2ccccc2)c1.COc1cc(OC)c(-c2c(OC)cc(OC)cc2P(=O)(c2ccccc2)c2ccccc2)c(P(=O)(c2ccccc2)c2ccccc2)c1. The lowest BCUT2D eigenvalue weighted by molar-refractivity contribution is 0.392. The molecular formula is C80H72O12P4. The molecule has 0 radical (unpaired) electrons. The predicted octanol–water partition coefficient (Wildman–Crippen LogP) is 13.3. The van der Waals surface area contributed by atoms with Crippen LogP contribution >= 0.6 is 28.6 Å². The Morgan fingerprint density at radius 3 is 0.438 bits per heavy atom. The fourth-order valence-corrected chi connectivity index (χ4v) is 23.8. The summed E-state index contributed by atoms with van der Waals surface area (Å²) >= 11 is 0. The molecule has 0 fully saturated rings. The molecule has 0 aliphatic heterocycles. The maximum atomic E-state index is 16.1. The lowest BCUT2D eigenvalue weighted by Crippen LogP contribution is -2.30. The van der Waals surface area contributed by atoms with Crippen LogP contribution in [0.25, 0.3) is 22.3 Å². The minimum Gasteiger partial charge on any atom is -0.497 e. The first-order valence-corrected chi connectivity index (χ1v) is 37.5. The summed E-state index contributed by atoms with van der Waals surface area (Å²) in [5.74, 6) is 3.37. The minimum atomic E-state index is -3.66. The molecule has 12 aromatic rings. The van der Waals surface area contributed by atoms with Gasteiger partial charge in [0.1, 0.15) is 46.0 Å². The van der Waals surface area contributed by atoms with Crippen molar-refractivity contribution >= 4 is 92.2 Å². The first-order chi connectivity index (χ1) is 46.8. The summed E-state index contributed by atoms with van der Waals surface area (Å²) < 4.78 is 112. The number of hydrogen-bond donors (Lipinski definition) is 0. The van der Waals surface area contributed by atoms with Crippen LogP contribution in [0, 0.1) is 0 Å². The standard InChI is InChI=1S/2C40H36O6P2/c2*1-43-29-25-35(45-3)39(37(27-29)47(41,31-17-9-5-10-18-31)32-19-11-6-12-20-32)40-36(46-4)26-30(44-2)28-38(40)48(42,33-21-13-7-14-22-33)34-23-15-8-16-24-34/h2*5-28H,1-4H3. The van der Waals surface area contributed by atoms with Gasteiger partial charge in [0.15, 0.2) is 28.6 Å². The van der Waals surface area contributed by atoms with E-state index in [1.165, 1.54) is 0 Å². The molecule has 0 aliphatic carbocycles. The number of rotatable bonds is 22. The van der Waals surface area contributed by atoms with Gasteiger partial charge in [0.2, 0.25) is 0 Å². The highest BCUT2D eigenvalue weighted by Crippen LogP contribution is 2.57. The molecule has 0 saturated heterocycles. The molecule has 0 N–H and O–H groups in total. The Morgan fingerprint density at radius 2 is 0.323 bits per heavy atom.